The number of carbonyl (C=O) groups is 1. The fourth-order valence-corrected chi connectivity index (χ4v) is 4.51. The van der Waals surface area contributed by atoms with Crippen molar-refractivity contribution < 1.29 is 22.3 Å². The van der Waals surface area contributed by atoms with Gasteiger partial charge in [0.2, 0.25) is 11.9 Å². The highest BCUT2D eigenvalue weighted by molar-refractivity contribution is 7.92. The molecule has 2 aromatic carbocycles. The van der Waals surface area contributed by atoms with Crippen LogP contribution in [0.1, 0.15) is 43.5 Å². The summed E-state index contributed by atoms with van der Waals surface area (Å²) >= 11 is 0. The molecule has 10 heteroatoms. The number of rotatable bonds is 10. The largest absolute Gasteiger partial charge is 0.496 e. The van der Waals surface area contributed by atoms with E-state index in [4.69, 9.17) is 4.74 Å². The smallest absolute Gasteiger partial charge is 0.264 e. The Labute approximate surface area is 205 Å². The molecule has 0 aliphatic heterocycles. The monoisotopic (exact) mass is 500 g/mol. The molecule has 8 nitrogen and oxygen atoms in total. The molecule has 186 valence electrons. The molecule has 0 saturated heterocycles. The summed E-state index contributed by atoms with van der Waals surface area (Å²) in [5, 5.41) is 2.81. The zero-order chi connectivity index (χ0) is 25.6. The lowest BCUT2D eigenvalue weighted by Crippen LogP contribution is -2.28. The van der Waals surface area contributed by atoms with E-state index in [1.807, 2.05) is 0 Å². The number of hydrogen-bond acceptors (Lipinski definition) is 6. The SMILES string of the molecule is COc1ccc(F)cc1[C@@H](C)NC(=O)Cc1ccc(S(=O)(=O)Nc2ncc(CC(C)C)cn2)cc1. The second-order valence-electron chi connectivity index (χ2n) is 8.61. The van der Waals surface area contributed by atoms with Gasteiger partial charge in [-0.05, 0) is 60.7 Å². The minimum Gasteiger partial charge on any atom is -0.496 e. The van der Waals surface area contributed by atoms with Crippen LogP contribution >= 0.6 is 0 Å². The van der Waals surface area contributed by atoms with E-state index >= 15 is 0 Å². The van der Waals surface area contributed by atoms with Crippen molar-refractivity contribution >= 4 is 21.9 Å². The molecule has 35 heavy (non-hydrogen) atoms. The number of nitrogens with one attached hydrogen (secondary N) is 2. The van der Waals surface area contributed by atoms with Crippen molar-refractivity contribution in [3.8, 4) is 5.75 Å². The predicted molar refractivity (Wildman–Crippen MR) is 131 cm³/mol. The molecule has 3 aromatic rings. The topological polar surface area (TPSA) is 110 Å². The number of methoxy groups -OCH3 is 1. The molecule has 1 aromatic heterocycles. The molecular formula is C25H29FN4O4S. The average Bonchev–Trinajstić information content (AvgIpc) is 2.80. The fraction of sp³-hybridized carbons (Fsp3) is 0.320. The Morgan fingerprint density at radius 3 is 2.29 bits per heavy atom. The molecule has 1 heterocycles. The summed E-state index contributed by atoms with van der Waals surface area (Å²) in [5.74, 6) is 0.174. The second-order valence-corrected chi connectivity index (χ2v) is 10.3. The third-order valence-electron chi connectivity index (χ3n) is 5.21. The van der Waals surface area contributed by atoms with Crippen LogP contribution in [0.15, 0.2) is 59.8 Å². The quantitative estimate of drug-likeness (QED) is 0.435. The molecule has 0 unspecified atom stereocenters. The normalized spacial score (nSPS) is 12.3. The fourth-order valence-electron chi connectivity index (χ4n) is 3.55. The number of benzene rings is 2. The number of hydrogen-bond donors (Lipinski definition) is 2. The maximum atomic E-state index is 13.6. The first-order chi connectivity index (χ1) is 16.6. The number of amides is 1. The Morgan fingerprint density at radius 1 is 1.03 bits per heavy atom. The summed E-state index contributed by atoms with van der Waals surface area (Å²) in [4.78, 5) is 20.7. The minimum absolute atomic E-state index is 0.0114. The van der Waals surface area contributed by atoms with Crippen molar-refractivity contribution in [1.82, 2.24) is 15.3 Å². The van der Waals surface area contributed by atoms with Gasteiger partial charge in [0.05, 0.1) is 24.5 Å². The lowest BCUT2D eigenvalue weighted by atomic mass is 10.1. The first kappa shape index (κ1) is 26.1. The Hall–Kier alpha value is -3.53. The standard InChI is InChI=1S/C25H29FN4O4S/c1-16(2)11-19-14-27-25(28-15-19)30-35(32,33)21-8-5-18(6-9-21)12-24(31)29-17(3)22-13-20(26)7-10-23(22)34-4/h5-10,13-17H,11-12H2,1-4H3,(H,29,31)(H,27,28,30)/t17-/m1/s1. The third kappa shape index (κ3) is 7.22. The maximum Gasteiger partial charge on any atom is 0.264 e. The Balaban J connectivity index is 1.62. The maximum absolute atomic E-state index is 13.6. The van der Waals surface area contributed by atoms with Crippen LogP contribution in [0, 0.1) is 11.7 Å². The van der Waals surface area contributed by atoms with Crippen LogP contribution in [-0.4, -0.2) is 31.4 Å². The molecule has 0 bridgehead atoms. The van der Waals surface area contributed by atoms with Crippen molar-refractivity contribution in [3.63, 3.8) is 0 Å². The van der Waals surface area contributed by atoms with E-state index in [2.05, 4.69) is 33.9 Å². The van der Waals surface area contributed by atoms with Gasteiger partial charge in [0.25, 0.3) is 10.0 Å². The van der Waals surface area contributed by atoms with E-state index < -0.39 is 21.9 Å². The van der Waals surface area contributed by atoms with E-state index in [0.717, 1.165) is 12.0 Å². The van der Waals surface area contributed by atoms with E-state index in [1.54, 1.807) is 31.5 Å². The van der Waals surface area contributed by atoms with Gasteiger partial charge in [0, 0.05) is 18.0 Å². The predicted octanol–water partition coefficient (Wildman–Crippen LogP) is 4.04. The van der Waals surface area contributed by atoms with Crippen LogP contribution in [0.2, 0.25) is 0 Å². The molecule has 0 fully saturated rings. The van der Waals surface area contributed by atoms with Crippen LogP contribution < -0.4 is 14.8 Å². The van der Waals surface area contributed by atoms with E-state index in [1.165, 1.54) is 37.4 Å². The highest BCUT2D eigenvalue weighted by atomic mass is 32.2. The van der Waals surface area contributed by atoms with Crippen molar-refractivity contribution in [2.75, 3.05) is 11.8 Å². The molecule has 0 spiro atoms. The number of halogens is 1. The molecule has 0 radical (unpaired) electrons. The Morgan fingerprint density at radius 2 is 1.69 bits per heavy atom. The molecule has 1 amide bonds. The summed E-state index contributed by atoms with van der Waals surface area (Å²) in [6.45, 7) is 5.88. The average molecular weight is 501 g/mol. The van der Waals surface area contributed by atoms with Gasteiger partial charge in [0.15, 0.2) is 0 Å². The van der Waals surface area contributed by atoms with Gasteiger partial charge < -0.3 is 10.1 Å². The van der Waals surface area contributed by atoms with E-state index in [0.29, 0.717) is 22.8 Å². The molecule has 3 rings (SSSR count). The number of sulfonamides is 1. The van der Waals surface area contributed by atoms with Crippen molar-refractivity contribution in [3.05, 3.63) is 77.4 Å². The van der Waals surface area contributed by atoms with Gasteiger partial charge in [-0.15, -0.1) is 0 Å². The molecule has 0 aliphatic rings. The summed E-state index contributed by atoms with van der Waals surface area (Å²) in [6, 6.07) is 9.58. The molecule has 0 aliphatic carbocycles. The molecular weight excluding hydrogens is 471 g/mol. The van der Waals surface area contributed by atoms with Gasteiger partial charge in [-0.3, -0.25) is 4.79 Å². The van der Waals surface area contributed by atoms with Gasteiger partial charge in [-0.2, -0.15) is 0 Å². The van der Waals surface area contributed by atoms with Crippen LogP contribution in [0.5, 0.6) is 5.75 Å². The molecule has 1 atom stereocenters. The minimum atomic E-state index is -3.89. The van der Waals surface area contributed by atoms with Crippen LogP contribution in [0.25, 0.3) is 0 Å². The van der Waals surface area contributed by atoms with Crippen LogP contribution in [0.4, 0.5) is 10.3 Å². The Kier molecular flexibility index (Phi) is 8.39. The zero-order valence-corrected chi connectivity index (χ0v) is 20.9. The van der Waals surface area contributed by atoms with E-state index in [-0.39, 0.29) is 23.2 Å². The number of nitrogens with zero attached hydrogens (tertiary/aromatic N) is 2. The van der Waals surface area contributed by atoms with Crippen LogP contribution in [0.3, 0.4) is 0 Å². The van der Waals surface area contributed by atoms with Gasteiger partial charge in [-0.25, -0.2) is 27.5 Å². The van der Waals surface area contributed by atoms with Gasteiger partial charge in [0.1, 0.15) is 11.6 Å². The van der Waals surface area contributed by atoms with Crippen molar-refractivity contribution in [1.29, 1.82) is 0 Å². The highest BCUT2D eigenvalue weighted by Gasteiger charge is 2.18. The zero-order valence-electron chi connectivity index (χ0n) is 20.1. The first-order valence-corrected chi connectivity index (χ1v) is 12.6. The summed E-state index contributed by atoms with van der Waals surface area (Å²) in [6.07, 6.45) is 4.03. The second kappa shape index (κ2) is 11.3. The number of carbonyl (C=O) groups excluding carboxylic acids is 1. The van der Waals surface area contributed by atoms with Gasteiger partial charge in [-0.1, -0.05) is 26.0 Å². The van der Waals surface area contributed by atoms with E-state index in [9.17, 15) is 17.6 Å². The number of anilines is 1. The number of aromatic nitrogens is 2. The first-order valence-electron chi connectivity index (χ1n) is 11.1. The van der Waals surface area contributed by atoms with Crippen LogP contribution in [-0.2, 0) is 27.7 Å². The lowest BCUT2D eigenvalue weighted by molar-refractivity contribution is -0.121. The Bertz CT molecular complexity index is 1260. The summed E-state index contributed by atoms with van der Waals surface area (Å²) in [7, 11) is -2.41. The third-order valence-corrected chi connectivity index (χ3v) is 6.55. The van der Waals surface area contributed by atoms with Crippen molar-refractivity contribution in [2.24, 2.45) is 5.92 Å². The molecule has 2 N–H and O–H groups in total. The lowest BCUT2D eigenvalue weighted by Gasteiger charge is -2.17. The van der Waals surface area contributed by atoms with Crippen molar-refractivity contribution in [2.45, 2.75) is 44.6 Å². The number of ether oxygens (including phenoxy) is 1. The highest BCUT2D eigenvalue weighted by Crippen LogP contribution is 2.26. The summed E-state index contributed by atoms with van der Waals surface area (Å²) in [5.41, 5.74) is 2.07. The summed E-state index contributed by atoms with van der Waals surface area (Å²) < 4.78 is 46.6. The van der Waals surface area contributed by atoms with Gasteiger partial charge >= 0.3 is 0 Å². The molecule has 0 saturated carbocycles.